The molecular formula is C54H48N2O6. The molecule has 6 aromatic rings. The van der Waals surface area contributed by atoms with Crippen LogP contribution in [-0.4, -0.2) is 32.0 Å². The monoisotopic (exact) mass is 820 g/mol. The third-order valence-electron chi connectivity index (χ3n) is 11.7. The molecule has 0 atom stereocenters. The molecule has 6 N–H and O–H groups in total. The van der Waals surface area contributed by atoms with E-state index in [4.69, 9.17) is 0 Å². The van der Waals surface area contributed by atoms with E-state index in [0.29, 0.717) is 44.8 Å². The maximum Gasteiger partial charge on any atom is 0.229 e. The SMILES string of the molecule is Cc1cc2c(c(O)c1-c1c(C)cc3c(c1O)/C(=C/Nc1ccc(-c4ccccc4)cc1)C(=O)C(O)=C3C(C)C)/C(=C/Nc1ccc(-c3ccccc3)cc1)C(=O)C(O)=C2C(C)C. The van der Waals surface area contributed by atoms with Gasteiger partial charge >= 0.3 is 0 Å². The zero-order chi connectivity index (χ0) is 44.0. The quantitative estimate of drug-likeness (QED) is 0.0793. The molecule has 0 amide bonds. The first-order chi connectivity index (χ1) is 29.8. The zero-order valence-corrected chi connectivity index (χ0v) is 35.5. The maximum atomic E-state index is 14.1. The molecule has 0 saturated heterocycles. The lowest BCUT2D eigenvalue weighted by molar-refractivity contribution is -0.113. The fourth-order valence-electron chi connectivity index (χ4n) is 8.72. The molecule has 0 aliphatic heterocycles. The second-order valence-electron chi connectivity index (χ2n) is 16.5. The normalized spacial score (nSPS) is 15.2. The van der Waals surface area contributed by atoms with Crippen molar-refractivity contribution in [3.8, 4) is 44.9 Å². The van der Waals surface area contributed by atoms with Crippen LogP contribution in [-0.2, 0) is 9.59 Å². The van der Waals surface area contributed by atoms with Gasteiger partial charge in [0.2, 0.25) is 11.6 Å². The minimum atomic E-state index is -0.660. The van der Waals surface area contributed by atoms with Gasteiger partial charge in [-0.2, -0.15) is 0 Å². The summed E-state index contributed by atoms with van der Waals surface area (Å²) in [5.74, 6) is -3.22. The van der Waals surface area contributed by atoms with Gasteiger partial charge < -0.3 is 31.1 Å². The van der Waals surface area contributed by atoms with E-state index in [2.05, 4.69) is 10.6 Å². The number of aryl methyl sites for hydroxylation is 2. The highest BCUT2D eigenvalue weighted by Gasteiger charge is 2.38. The van der Waals surface area contributed by atoms with Gasteiger partial charge in [0.25, 0.3) is 0 Å². The Balaban J connectivity index is 1.26. The first kappa shape index (κ1) is 41.2. The van der Waals surface area contributed by atoms with Crippen molar-refractivity contribution in [1.82, 2.24) is 0 Å². The highest BCUT2D eigenvalue weighted by Crippen LogP contribution is 2.53. The lowest BCUT2D eigenvalue weighted by atomic mass is 9.75. The smallest absolute Gasteiger partial charge is 0.229 e. The first-order valence-corrected chi connectivity index (χ1v) is 20.7. The Kier molecular flexibility index (Phi) is 10.9. The Morgan fingerprint density at radius 3 is 1.10 bits per heavy atom. The minimum Gasteiger partial charge on any atom is -0.507 e. The van der Waals surface area contributed by atoms with Crippen molar-refractivity contribution in [3.05, 3.63) is 179 Å². The summed E-state index contributed by atoms with van der Waals surface area (Å²) in [6.45, 7) is 11.1. The summed E-state index contributed by atoms with van der Waals surface area (Å²) in [6, 6.07) is 38.9. The van der Waals surface area contributed by atoms with Crippen molar-refractivity contribution < 1.29 is 30.0 Å². The van der Waals surface area contributed by atoms with Crippen molar-refractivity contribution in [2.75, 3.05) is 10.6 Å². The summed E-state index contributed by atoms with van der Waals surface area (Å²) < 4.78 is 0. The van der Waals surface area contributed by atoms with Gasteiger partial charge in [-0.15, -0.1) is 0 Å². The molecular weight excluding hydrogens is 773 g/mol. The van der Waals surface area contributed by atoms with Crippen LogP contribution in [0.2, 0.25) is 0 Å². The van der Waals surface area contributed by atoms with Gasteiger partial charge in [0.05, 0.1) is 11.1 Å². The van der Waals surface area contributed by atoms with E-state index < -0.39 is 23.1 Å². The number of rotatable bonds is 9. The number of fused-ring (bicyclic) bond motifs is 2. The van der Waals surface area contributed by atoms with Crippen LogP contribution in [0.1, 0.15) is 61.1 Å². The van der Waals surface area contributed by atoms with Gasteiger partial charge in [0.1, 0.15) is 11.5 Å². The molecule has 0 bridgehead atoms. The zero-order valence-electron chi connectivity index (χ0n) is 35.5. The second kappa shape index (κ2) is 16.5. The highest BCUT2D eigenvalue weighted by atomic mass is 16.3. The standard InChI is InChI=1S/C54H48N2O6/c1-29(2)43-39-25-31(5)45(51(59)47(39)41(49(57)53(43)61)27-55-37-21-17-35(18-22-37)33-13-9-7-10-14-33)46-32(6)26-40-44(30(3)4)54(62)50(58)42(48(40)52(46)60)28-56-38-23-19-36(20-24-38)34-15-11-8-12-16-34/h7-30,55-56,59-62H,1-6H3/b41-27-,42-28-. The third-order valence-corrected chi connectivity index (χ3v) is 11.7. The van der Waals surface area contributed by atoms with Gasteiger partial charge in [-0.25, -0.2) is 0 Å². The molecule has 0 aromatic heterocycles. The molecule has 0 fully saturated rings. The average Bonchev–Trinajstić information content (AvgIpc) is 3.26. The van der Waals surface area contributed by atoms with Crippen LogP contribution < -0.4 is 10.6 Å². The van der Waals surface area contributed by atoms with E-state index in [0.717, 1.165) is 22.3 Å². The topological polar surface area (TPSA) is 139 Å². The fraction of sp³-hybridized carbons (Fsp3) is 0.148. The maximum absolute atomic E-state index is 14.1. The number of aliphatic hydroxyl groups is 2. The number of benzene rings is 6. The van der Waals surface area contributed by atoms with Crippen LogP contribution in [0.5, 0.6) is 11.5 Å². The molecule has 2 aliphatic carbocycles. The molecule has 8 nitrogen and oxygen atoms in total. The minimum absolute atomic E-state index is 0.0380. The summed E-state index contributed by atoms with van der Waals surface area (Å²) in [5.41, 5.74) is 9.43. The van der Waals surface area contributed by atoms with Crippen molar-refractivity contribution in [1.29, 1.82) is 0 Å². The number of Topliss-reactive ketones (excluding diaryl/α,β-unsaturated/α-hetero) is 2. The van der Waals surface area contributed by atoms with Crippen LogP contribution in [0.15, 0.2) is 145 Å². The predicted octanol–water partition coefficient (Wildman–Crippen LogP) is 12.6. The molecule has 6 aromatic carbocycles. The molecule has 2 aliphatic rings. The van der Waals surface area contributed by atoms with Crippen LogP contribution in [0.25, 0.3) is 55.7 Å². The number of ketones is 2. The Morgan fingerprint density at radius 2 is 0.774 bits per heavy atom. The van der Waals surface area contributed by atoms with Gasteiger partial charge in [-0.3, -0.25) is 9.59 Å². The van der Waals surface area contributed by atoms with Gasteiger partial charge in [0, 0.05) is 57.2 Å². The number of phenolic OH excluding ortho intramolecular Hbond substituents is 2. The number of allylic oxidation sites excluding steroid dienone is 4. The third kappa shape index (κ3) is 7.23. The average molecular weight is 821 g/mol. The number of hydrogen-bond acceptors (Lipinski definition) is 8. The van der Waals surface area contributed by atoms with Crippen molar-refractivity contribution in [2.45, 2.75) is 41.5 Å². The van der Waals surface area contributed by atoms with Crippen LogP contribution in [0.3, 0.4) is 0 Å². The molecule has 0 unspecified atom stereocenters. The van der Waals surface area contributed by atoms with Crippen molar-refractivity contribution >= 4 is 45.2 Å². The summed E-state index contributed by atoms with van der Waals surface area (Å²) in [6.07, 6.45) is 2.98. The Morgan fingerprint density at radius 1 is 0.452 bits per heavy atom. The molecule has 0 spiro atoms. The van der Waals surface area contributed by atoms with Crippen LogP contribution in [0, 0.1) is 25.7 Å². The Hall–Kier alpha value is -7.58. The fourth-order valence-corrected chi connectivity index (χ4v) is 8.72. The number of hydrogen-bond donors (Lipinski definition) is 6. The number of aliphatic hydroxyl groups excluding tert-OH is 2. The van der Waals surface area contributed by atoms with Gasteiger partial charge in [-0.1, -0.05) is 125 Å². The number of aromatic hydroxyl groups is 2. The van der Waals surface area contributed by atoms with E-state index in [-0.39, 0.29) is 56.7 Å². The van der Waals surface area contributed by atoms with Crippen molar-refractivity contribution in [2.24, 2.45) is 11.8 Å². The summed E-state index contributed by atoms with van der Waals surface area (Å²) >= 11 is 0. The van der Waals surface area contributed by atoms with E-state index in [1.165, 1.54) is 12.4 Å². The molecule has 8 heteroatoms. The molecule has 62 heavy (non-hydrogen) atoms. The number of anilines is 2. The van der Waals surface area contributed by atoms with Gasteiger partial charge in [0.15, 0.2) is 11.5 Å². The van der Waals surface area contributed by atoms with E-state index in [1.54, 1.807) is 13.8 Å². The Labute approximate surface area is 361 Å². The first-order valence-electron chi connectivity index (χ1n) is 20.7. The highest BCUT2D eigenvalue weighted by molar-refractivity contribution is 6.35. The molecule has 8 rings (SSSR count). The molecule has 0 saturated carbocycles. The van der Waals surface area contributed by atoms with E-state index in [9.17, 15) is 30.0 Å². The summed E-state index contributed by atoms with van der Waals surface area (Å²) in [5, 5.41) is 54.3. The summed E-state index contributed by atoms with van der Waals surface area (Å²) in [4.78, 5) is 28.2. The largest absolute Gasteiger partial charge is 0.507 e. The predicted molar refractivity (Wildman–Crippen MR) is 250 cm³/mol. The lowest BCUT2D eigenvalue weighted by Gasteiger charge is -2.29. The Bertz CT molecular complexity index is 2700. The second-order valence-corrected chi connectivity index (χ2v) is 16.5. The molecule has 310 valence electrons. The summed E-state index contributed by atoms with van der Waals surface area (Å²) in [7, 11) is 0. The van der Waals surface area contributed by atoms with E-state index >= 15 is 0 Å². The number of nitrogens with one attached hydrogen (secondary N) is 2. The number of carbonyl (C=O) groups excluding carboxylic acids is 2. The molecule has 0 radical (unpaired) electrons. The van der Waals surface area contributed by atoms with Gasteiger partial charge in [-0.05, 0) is 94.5 Å². The van der Waals surface area contributed by atoms with Crippen molar-refractivity contribution in [3.63, 3.8) is 0 Å². The van der Waals surface area contributed by atoms with E-state index in [1.807, 2.05) is 149 Å². The number of carbonyl (C=O) groups is 2. The lowest BCUT2D eigenvalue weighted by Crippen LogP contribution is -2.20. The van der Waals surface area contributed by atoms with Crippen LogP contribution >= 0.6 is 0 Å². The van der Waals surface area contributed by atoms with Crippen LogP contribution in [0.4, 0.5) is 11.4 Å². The number of phenols is 2. The molecule has 0 heterocycles.